The monoisotopic (exact) mass is 329 g/mol. The highest BCUT2D eigenvalue weighted by atomic mass is 16.4. The molecule has 24 heavy (non-hydrogen) atoms. The van der Waals surface area contributed by atoms with E-state index in [1.54, 1.807) is 0 Å². The Labute approximate surface area is 141 Å². The Morgan fingerprint density at radius 3 is 2.67 bits per heavy atom. The third-order valence-electron chi connectivity index (χ3n) is 5.30. The Hall–Kier alpha value is -2.23. The first-order chi connectivity index (χ1) is 11.7. The summed E-state index contributed by atoms with van der Waals surface area (Å²) in [6.45, 7) is 5.61. The number of rotatable bonds is 4. The van der Waals surface area contributed by atoms with Crippen LogP contribution in [-0.2, 0) is 0 Å². The van der Waals surface area contributed by atoms with E-state index in [1.807, 2.05) is 9.80 Å². The van der Waals surface area contributed by atoms with Crippen molar-refractivity contribution in [3.8, 4) is 6.07 Å². The molecule has 2 amide bonds. The van der Waals surface area contributed by atoms with Crippen LogP contribution in [0.15, 0.2) is 4.42 Å². The summed E-state index contributed by atoms with van der Waals surface area (Å²) in [7, 11) is 0. The average molecular weight is 329 g/mol. The quantitative estimate of drug-likeness (QED) is 0.912. The van der Waals surface area contributed by atoms with Crippen molar-refractivity contribution in [1.82, 2.24) is 15.2 Å². The van der Waals surface area contributed by atoms with E-state index in [-0.39, 0.29) is 6.03 Å². The standard InChI is InChI=1S/C17H23N5O2/c1-11-8-13(11)10-19-17(23)22-6-4-21(5-7-22)16-14(9-18)20-15(24-16)12-2-3-12/h11-13H,2-8,10H2,1H3,(H,19,23)/t11-,13-/m0/s1. The van der Waals surface area contributed by atoms with Crippen molar-refractivity contribution in [2.45, 2.75) is 32.1 Å². The molecule has 0 radical (unpaired) electrons. The molecule has 0 aromatic carbocycles. The molecule has 1 aromatic heterocycles. The molecular formula is C17H23N5O2. The fourth-order valence-corrected chi connectivity index (χ4v) is 3.25. The maximum Gasteiger partial charge on any atom is 0.317 e. The van der Waals surface area contributed by atoms with Gasteiger partial charge in [-0.1, -0.05) is 6.92 Å². The second-order valence-electron chi connectivity index (χ2n) is 7.23. The van der Waals surface area contributed by atoms with Gasteiger partial charge in [-0.3, -0.25) is 0 Å². The number of piperazine rings is 1. The highest BCUT2D eigenvalue weighted by molar-refractivity contribution is 5.74. The van der Waals surface area contributed by atoms with Crippen LogP contribution in [0.2, 0.25) is 0 Å². The van der Waals surface area contributed by atoms with Gasteiger partial charge >= 0.3 is 6.03 Å². The predicted octanol–water partition coefficient (Wildman–Crippen LogP) is 1.91. The van der Waals surface area contributed by atoms with Crippen LogP contribution in [0.1, 0.15) is 43.7 Å². The second kappa shape index (κ2) is 6.00. The molecular weight excluding hydrogens is 306 g/mol. The van der Waals surface area contributed by atoms with Gasteiger partial charge in [0, 0.05) is 38.6 Å². The number of carbonyl (C=O) groups excluding carboxylic acids is 1. The lowest BCUT2D eigenvalue weighted by atomic mass is 10.3. The lowest BCUT2D eigenvalue weighted by Gasteiger charge is -2.34. The minimum absolute atomic E-state index is 0.0190. The Kier molecular flexibility index (Phi) is 3.83. The van der Waals surface area contributed by atoms with Gasteiger partial charge in [-0.2, -0.15) is 5.26 Å². The lowest BCUT2D eigenvalue weighted by molar-refractivity contribution is 0.193. The van der Waals surface area contributed by atoms with Crippen molar-refractivity contribution in [3.63, 3.8) is 0 Å². The molecule has 4 rings (SSSR count). The number of carbonyl (C=O) groups is 1. The number of nitrogens with one attached hydrogen (secondary N) is 1. The number of urea groups is 1. The van der Waals surface area contributed by atoms with E-state index in [2.05, 4.69) is 23.3 Å². The predicted molar refractivity (Wildman–Crippen MR) is 87.6 cm³/mol. The topological polar surface area (TPSA) is 85.4 Å². The van der Waals surface area contributed by atoms with Crippen LogP contribution in [0.5, 0.6) is 0 Å². The van der Waals surface area contributed by atoms with E-state index in [1.165, 1.54) is 6.42 Å². The summed E-state index contributed by atoms with van der Waals surface area (Å²) in [4.78, 5) is 20.4. The molecule has 1 aromatic rings. The van der Waals surface area contributed by atoms with Crippen molar-refractivity contribution in [2.75, 3.05) is 37.6 Å². The first-order valence-electron chi connectivity index (χ1n) is 8.84. The molecule has 7 heteroatoms. The normalized spacial score (nSPS) is 26.2. The summed E-state index contributed by atoms with van der Waals surface area (Å²) in [5.74, 6) is 3.07. The Morgan fingerprint density at radius 2 is 2.08 bits per heavy atom. The maximum atomic E-state index is 12.2. The van der Waals surface area contributed by atoms with Crippen LogP contribution in [0, 0.1) is 23.2 Å². The van der Waals surface area contributed by atoms with E-state index in [9.17, 15) is 10.1 Å². The third kappa shape index (κ3) is 3.05. The second-order valence-corrected chi connectivity index (χ2v) is 7.23. The molecule has 1 N–H and O–H groups in total. The number of hydrogen-bond acceptors (Lipinski definition) is 5. The van der Waals surface area contributed by atoms with Crippen molar-refractivity contribution in [3.05, 3.63) is 11.6 Å². The molecule has 1 saturated heterocycles. The van der Waals surface area contributed by atoms with Crippen molar-refractivity contribution < 1.29 is 9.21 Å². The molecule has 1 aliphatic heterocycles. The van der Waals surface area contributed by atoms with Crippen LogP contribution >= 0.6 is 0 Å². The maximum absolute atomic E-state index is 12.2. The molecule has 2 saturated carbocycles. The summed E-state index contributed by atoms with van der Waals surface area (Å²) in [6.07, 6.45) is 3.41. The summed E-state index contributed by atoms with van der Waals surface area (Å²) in [5.41, 5.74) is 0.373. The van der Waals surface area contributed by atoms with Gasteiger partial charge in [-0.25, -0.2) is 9.78 Å². The van der Waals surface area contributed by atoms with Crippen LogP contribution < -0.4 is 10.2 Å². The van der Waals surface area contributed by atoms with Crippen LogP contribution in [0.25, 0.3) is 0 Å². The number of aromatic nitrogens is 1. The van der Waals surface area contributed by atoms with Crippen molar-refractivity contribution in [2.24, 2.45) is 11.8 Å². The van der Waals surface area contributed by atoms with E-state index in [4.69, 9.17) is 4.42 Å². The zero-order valence-corrected chi connectivity index (χ0v) is 14.0. The van der Waals surface area contributed by atoms with E-state index in [0.29, 0.717) is 55.5 Å². The van der Waals surface area contributed by atoms with Gasteiger partial charge in [0.15, 0.2) is 0 Å². The van der Waals surface area contributed by atoms with E-state index < -0.39 is 0 Å². The zero-order chi connectivity index (χ0) is 16.7. The first-order valence-corrected chi connectivity index (χ1v) is 8.84. The smallest absolute Gasteiger partial charge is 0.317 e. The van der Waals surface area contributed by atoms with E-state index in [0.717, 1.165) is 25.3 Å². The number of nitriles is 1. The zero-order valence-electron chi connectivity index (χ0n) is 14.0. The largest absolute Gasteiger partial charge is 0.423 e. The van der Waals surface area contributed by atoms with Crippen LogP contribution in [-0.4, -0.2) is 48.6 Å². The van der Waals surface area contributed by atoms with Gasteiger partial charge in [0.05, 0.1) is 0 Å². The average Bonchev–Trinajstić information content (AvgIpc) is 3.52. The molecule has 2 aliphatic carbocycles. The molecule has 128 valence electrons. The minimum Gasteiger partial charge on any atom is -0.423 e. The van der Waals surface area contributed by atoms with Crippen LogP contribution in [0.4, 0.5) is 10.7 Å². The fourth-order valence-electron chi connectivity index (χ4n) is 3.25. The molecule has 2 heterocycles. The van der Waals surface area contributed by atoms with Gasteiger partial charge in [-0.05, 0) is 31.1 Å². The summed E-state index contributed by atoms with van der Waals surface area (Å²) in [5, 5.41) is 12.3. The molecule has 3 fully saturated rings. The van der Waals surface area contributed by atoms with Gasteiger partial charge in [0.25, 0.3) is 0 Å². The Bertz CT molecular complexity index is 667. The van der Waals surface area contributed by atoms with Crippen LogP contribution in [0.3, 0.4) is 0 Å². The number of nitrogens with zero attached hydrogens (tertiary/aromatic N) is 4. The summed E-state index contributed by atoms with van der Waals surface area (Å²) < 4.78 is 5.84. The Morgan fingerprint density at radius 1 is 1.38 bits per heavy atom. The third-order valence-corrected chi connectivity index (χ3v) is 5.30. The molecule has 0 unspecified atom stereocenters. The van der Waals surface area contributed by atoms with Gasteiger partial charge in [-0.15, -0.1) is 0 Å². The molecule has 7 nitrogen and oxygen atoms in total. The van der Waals surface area contributed by atoms with Crippen molar-refractivity contribution in [1.29, 1.82) is 5.26 Å². The molecule has 0 bridgehead atoms. The SMILES string of the molecule is C[C@H]1C[C@H]1CNC(=O)N1CCN(c2oc(C3CC3)nc2C#N)CC1. The lowest BCUT2D eigenvalue weighted by Crippen LogP contribution is -2.52. The van der Waals surface area contributed by atoms with Crippen molar-refractivity contribution >= 4 is 11.9 Å². The van der Waals surface area contributed by atoms with Gasteiger partial charge < -0.3 is 19.5 Å². The minimum atomic E-state index is 0.0190. The summed E-state index contributed by atoms with van der Waals surface area (Å²) >= 11 is 0. The molecule has 3 aliphatic rings. The molecule has 2 atom stereocenters. The highest BCUT2D eigenvalue weighted by Crippen LogP contribution is 2.41. The fraction of sp³-hybridized carbons (Fsp3) is 0.706. The molecule has 0 spiro atoms. The number of anilines is 1. The number of oxazole rings is 1. The summed E-state index contributed by atoms with van der Waals surface area (Å²) in [6, 6.07) is 2.15. The van der Waals surface area contributed by atoms with Gasteiger partial charge in [0.1, 0.15) is 6.07 Å². The number of hydrogen-bond donors (Lipinski definition) is 1. The number of amides is 2. The Balaban J connectivity index is 1.32. The van der Waals surface area contributed by atoms with Gasteiger partial charge in [0.2, 0.25) is 17.5 Å². The highest BCUT2D eigenvalue weighted by Gasteiger charge is 2.34. The first kappa shape index (κ1) is 15.3. The van der Waals surface area contributed by atoms with E-state index >= 15 is 0 Å².